The lowest BCUT2D eigenvalue weighted by Crippen LogP contribution is -2.46. The van der Waals surface area contributed by atoms with E-state index in [1.54, 1.807) is 19.1 Å². The molecule has 0 spiro atoms. The first kappa shape index (κ1) is 21.0. The van der Waals surface area contributed by atoms with E-state index in [1.165, 1.54) is 14.2 Å². The average molecular weight is 385 g/mol. The van der Waals surface area contributed by atoms with Gasteiger partial charge in [-0.15, -0.1) is 0 Å². The van der Waals surface area contributed by atoms with Crippen molar-refractivity contribution in [2.45, 2.75) is 13.0 Å². The minimum absolute atomic E-state index is 0.370. The van der Waals surface area contributed by atoms with Gasteiger partial charge in [0.2, 0.25) is 0 Å². The molecule has 0 aliphatic heterocycles. The minimum Gasteiger partial charge on any atom is -0.481 e. The molecule has 0 radical (unpaired) electrons. The van der Waals surface area contributed by atoms with E-state index in [2.05, 4.69) is 9.47 Å². The molecule has 28 heavy (non-hydrogen) atoms. The number of hydrogen-bond donors (Lipinski definition) is 0. The number of ether oxygens (including phenoxy) is 3. The number of esters is 2. The highest BCUT2D eigenvalue weighted by Crippen LogP contribution is 2.22. The summed E-state index contributed by atoms with van der Waals surface area (Å²) < 4.78 is 14.8. The van der Waals surface area contributed by atoms with Gasteiger partial charge in [-0.2, -0.15) is 0 Å². The highest BCUT2D eigenvalue weighted by Gasteiger charge is 2.26. The van der Waals surface area contributed by atoms with Gasteiger partial charge in [-0.25, -0.2) is 0 Å². The Morgan fingerprint density at radius 3 is 1.82 bits per heavy atom. The summed E-state index contributed by atoms with van der Waals surface area (Å²) in [6.07, 6.45) is -0.906. The first-order chi connectivity index (χ1) is 13.4. The fraction of sp³-hybridized carbons (Fsp3) is 0.286. The molecule has 0 N–H and O–H groups in total. The molecule has 2 aromatic rings. The maximum absolute atomic E-state index is 12.6. The molecule has 0 aliphatic carbocycles. The van der Waals surface area contributed by atoms with Crippen LogP contribution in [0.1, 0.15) is 6.92 Å². The number of amides is 1. The van der Waals surface area contributed by atoms with Crippen molar-refractivity contribution in [3.63, 3.8) is 0 Å². The van der Waals surface area contributed by atoms with Gasteiger partial charge in [0.05, 0.1) is 14.2 Å². The third-order valence-electron chi connectivity index (χ3n) is 4.03. The van der Waals surface area contributed by atoms with Crippen LogP contribution in [-0.2, 0) is 23.9 Å². The van der Waals surface area contributed by atoms with Crippen molar-refractivity contribution in [1.82, 2.24) is 4.90 Å². The molecule has 0 bridgehead atoms. The van der Waals surface area contributed by atoms with Crippen LogP contribution >= 0.6 is 0 Å². The van der Waals surface area contributed by atoms with Gasteiger partial charge in [0.25, 0.3) is 5.91 Å². The van der Waals surface area contributed by atoms with E-state index in [-0.39, 0.29) is 13.1 Å². The third kappa shape index (κ3) is 5.84. The smallest absolute Gasteiger partial charge is 0.325 e. The molecule has 0 aliphatic rings. The van der Waals surface area contributed by atoms with Gasteiger partial charge in [0.15, 0.2) is 6.10 Å². The molecule has 1 atom stereocenters. The zero-order valence-corrected chi connectivity index (χ0v) is 16.1. The molecule has 1 unspecified atom stereocenters. The Labute approximate surface area is 163 Å². The standard InChI is InChI=1S/C21H23NO6/c1-15(21(25)22(13-19(23)26-2)14-20(24)27-3)28-18-11-9-17(10-12-18)16-7-5-4-6-8-16/h4-12,15H,13-14H2,1-3H3. The number of carbonyl (C=O) groups is 3. The maximum Gasteiger partial charge on any atom is 0.325 e. The highest BCUT2D eigenvalue weighted by atomic mass is 16.5. The van der Waals surface area contributed by atoms with Gasteiger partial charge in [0, 0.05) is 0 Å². The van der Waals surface area contributed by atoms with Crippen LogP contribution in [0.2, 0.25) is 0 Å². The van der Waals surface area contributed by atoms with Crippen molar-refractivity contribution in [1.29, 1.82) is 0 Å². The van der Waals surface area contributed by atoms with Crippen LogP contribution in [-0.4, -0.2) is 56.2 Å². The van der Waals surface area contributed by atoms with Crippen LogP contribution in [0.4, 0.5) is 0 Å². The molecule has 0 saturated heterocycles. The summed E-state index contributed by atoms with van der Waals surface area (Å²) in [6, 6.07) is 17.2. The summed E-state index contributed by atoms with van der Waals surface area (Å²) in [5.41, 5.74) is 2.09. The predicted octanol–water partition coefficient (Wildman–Crippen LogP) is 2.30. The van der Waals surface area contributed by atoms with E-state index in [4.69, 9.17) is 4.74 Å². The Balaban J connectivity index is 2.06. The first-order valence-corrected chi connectivity index (χ1v) is 8.69. The highest BCUT2D eigenvalue weighted by molar-refractivity contribution is 5.88. The SMILES string of the molecule is COC(=O)CN(CC(=O)OC)C(=O)C(C)Oc1ccc(-c2ccccc2)cc1. The topological polar surface area (TPSA) is 82.1 Å². The Kier molecular flexibility index (Phi) is 7.56. The quantitative estimate of drug-likeness (QED) is 0.649. The molecular weight excluding hydrogens is 362 g/mol. The lowest BCUT2D eigenvalue weighted by molar-refractivity contribution is -0.154. The summed E-state index contributed by atoms with van der Waals surface area (Å²) >= 11 is 0. The third-order valence-corrected chi connectivity index (χ3v) is 4.03. The summed E-state index contributed by atoms with van der Waals surface area (Å²) in [5, 5.41) is 0. The second-order valence-corrected chi connectivity index (χ2v) is 6.00. The molecule has 7 heteroatoms. The minimum atomic E-state index is -0.906. The van der Waals surface area contributed by atoms with Gasteiger partial charge in [0.1, 0.15) is 18.8 Å². The Morgan fingerprint density at radius 1 is 0.821 bits per heavy atom. The van der Waals surface area contributed by atoms with Crippen LogP contribution in [0.5, 0.6) is 5.75 Å². The summed E-state index contributed by atoms with van der Waals surface area (Å²) in [4.78, 5) is 36.7. The fourth-order valence-electron chi connectivity index (χ4n) is 2.52. The van der Waals surface area contributed by atoms with Crippen molar-refractivity contribution < 1.29 is 28.6 Å². The van der Waals surface area contributed by atoms with E-state index < -0.39 is 23.9 Å². The number of nitrogens with zero attached hydrogens (tertiary/aromatic N) is 1. The van der Waals surface area contributed by atoms with Crippen molar-refractivity contribution in [3.8, 4) is 16.9 Å². The van der Waals surface area contributed by atoms with E-state index in [0.29, 0.717) is 5.75 Å². The normalized spacial score (nSPS) is 11.2. The van der Waals surface area contributed by atoms with Crippen LogP contribution < -0.4 is 4.74 Å². The van der Waals surface area contributed by atoms with E-state index in [9.17, 15) is 14.4 Å². The van der Waals surface area contributed by atoms with Crippen molar-refractivity contribution >= 4 is 17.8 Å². The zero-order chi connectivity index (χ0) is 20.5. The number of rotatable bonds is 8. The van der Waals surface area contributed by atoms with Gasteiger partial charge >= 0.3 is 11.9 Å². The van der Waals surface area contributed by atoms with E-state index >= 15 is 0 Å². The summed E-state index contributed by atoms with van der Waals surface area (Å²) in [5.74, 6) is -1.31. The van der Waals surface area contributed by atoms with Crippen LogP contribution in [0.15, 0.2) is 54.6 Å². The zero-order valence-electron chi connectivity index (χ0n) is 16.1. The van der Waals surface area contributed by atoms with Crippen LogP contribution in [0.3, 0.4) is 0 Å². The van der Waals surface area contributed by atoms with E-state index in [1.807, 2.05) is 42.5 Å². The summed E-state index contributed by atoms with van der Waals surface area (Å²) in [7, 11) is 2.41. The van der Waals surface area contributed by atoms with Gasteiger partial charge < -0.3 is 19.1 Å². The monoisotopic (exact) mass is 385 g/mol. The van der Waals surface area contributed by atoms with Crippen molar-refractivity contribution in [2.24, 2.45) is 0 Å². The van der Waals surface area contributed by atoms with Crippen LogP contribution in [0.25, 0.3) is 11.1 Å². The average Bonchev–Trinajstić information content (AvgIpc) is 2.73. The molecular formula is C21H23NO6. The number of carbonyl (C=O) groups excluding carboxylic acids is 3. The lowest BCUT2D eigenvalue weighted by atomic mass is 10.1. The first-order valence-electron chi connectivity index (χ1n) is 8.69. The van der Waals surface area contributed by atoms with Gasteiger partial charge in [-0.1, -0.05) is 42.5 Å². The molecule has 0 heterocycles. The second-order valence-electron chi connectivity index (χ2n) is 6.00. The molecule has 0 saturated carbocycles. The van der Waals surface area contributed by atoms with Gasteiger partial charge in [-0.3, -0.25) is 14.4 Å². The second kappa shape index (κ2) is 10.1. The maximum atomic E-state index is 12.6. The molecule has 2 aromatic carbocycles. The fourth-order valence-corrected chi connectivity index (χ4v) is 2.52. The number of methoxy groups -OCH3 is 2. The van der Waals surface area contributed by atoms with Gasteiger partial charge in [-0.05, 0) is 30.2 Å². The lowest BCUT2D eigenvalue weighted by Gasteiger charge is -2.24. The Morgan fingerprint density at radius 2 is 1.32 bits per heavy atom. The Hall–Kier alpha value is -3.35. The molecule has 0 aromatic heterocycles. The number of benzene rings is 2. The molecule has 0 fully saturated rings. The predicted molar refractivity (Wildman–Crippen MR) is 103 cm³/mol. The summed E-state index contributed by atoms with van der Waals surface area (Å²) in [6.45, 7) is 0.811. The van der Waals surface area contributed by atoms with Crippen molar-refractivity contribution in [3.05, 3.63) is 54.6 Å². The number of hydrogen-bond acceptors (Lipinski definition) is 6. The molecule has 7 nitrogen and oxygen atoms in total. The Bertz CT molecular complexity index is 785. The molecule has 148 valence electrons. The van der Waals surface area contributed by atoms with E-state index in [0.717, 1.165) is 16.0 Å². The molecule has 1 amide bonds. The van der Waals surface area contributed by atoms with Crippen molar-refractivity contribution in [2.75, 3.05) is 27.3 Å². The largest absolute Gasteiger partial charge is 0.481 e. The molecule has 2 rings (SSSR count). The van der Waals surface area contributed by atoms with Crippen LogP contribution in [0, 0.1) is 0 Å².